The minimum Gasteiger partial charge on any atom is -0.355 e. The number of rotatable bonds is 4. The summed E-state index contributed by atoms with van der Waals surface area (Å²) in [6, 6.07) is 8.22. The number of benzene rings is 1. The molecule has 1 N–H and O–H groups in total. The molecule has 35 heavy (non-hydrogen) atoms. The van der Waals surface area contributed by atoms with Gasteiger partial charge >= 0.3 is 6.18 Å². The molecule has 2 aliphatic heterocycles. The minimum absolute atomic E-state index is 0.152. The standard InChI is InChI=1S/C24H23F3N8/c1-15-16(2-3-20-18(15)6-17(7-28)31-20)8-33-10-23(11-33)4-5-34(12-23)22-19-9-35(13-24(25,26)27)32-21(19)29-14-30-22/h2-3,6,9,14,31H,4-5,8,10-13H2,1H3. The molecule has 0 atom stereocenters. The van der Waals surface area contributed by atoms with E-state index in [0.717, 1.165) is 54.7 Å². The maximum atomic E-state index is 12.8. The van der Waals surface area contributed by atoms with Gasteiger partial charge in [0.25, 0.3) is 0 Å². The summed E-state index contributed by atoms with van der Waals surface area (Å²) in [4.78, 5) is 16.2. The second-order valence-corrected chi connectivity index (χ2v) is 9.80. The average Bonchev–Trinajstić information content (AvgIpc) is 3.50. The zero-order chi connectivity index (χ0) is 24.4. The molecule has 2 aliphatic rings. The number of H-pyrrole nitrogens is 1. The Morgan fingerprint density at radius 2 is 2.00 bits per heavy atom. The van der Waals surface area contributed by atoms with Crippen molar-refractivity contribution in [1.82, 2.24) is 29.6 Å². The van der Waals surface area contributed by atoms with Crippen molar-refractivity contribution in [2.45, 2.75) is 32.6 Å². The lowest BCUT2D eigenvalue weighted by Gasteiger charge is -2.48. The zero-order valence-electron chi connectivity index (χ0n) is 19.1. The molecule has 0 unspecified atom stereocenters. The van der Waals surface area contributed by atoms with Crippen molar-refractivity contribution in [1.29, 1.82) is 5.26 Å². The van der Waals surface area contributed by atoms with Crippen molar-refractivity contribution in [3.8, 4) is 6.07 Å². The van der Waals surface area contributed by atoms with Gasteiger partial charge in [0.1, 0.15) is 30.5 Å². The van der Waals surface area contributed by atoms with Gasteiger partial charge in [-0.15, -0.1) is 0 Å². The highest BCUT2D eigenvalue weighted by Gasteiger charge is 2.48. The minimum atomic E-state index is -4.34. The van der Waals surface area contributed by atoms with Crippen molar-refractivity contribution in [3.05, 3.63) is 47.5 Å². The summed E-state index contributed by atoms with van der Waals surface area (Å²) in [6.45, 7) is 5.32. The second kappa shape index (κ2) is 7.68. The van der Waals surface area contributed by atoms with Crippen LogP contribution in [0.15, 0.2) is 30.7 Å². The summed E-state index contributed by atoms with van der Waals surface area (Å²) < 4.78 is 39.3. The summed E-state index contributed by atoms with van der Waals surface area (Å²) in [5.41, 5.74) is 4.42. The van der Waals surface area contributed by atoms with Gasteiger partial charge in [-0.1, -0.05) is 6.07 Å². The fourth-order valence-corrected chi connectivity index (χ4v) is 5.64. The maximum Gasteiger partial charge on any atom is 0.408 e. The maximum absolute atomic E-state index is 12.8. The van der Waals surface area contributed by atoms with E-state index in [9.17, 15) is 13.2 Å². The lowest BCUT2D eigenvalue weighted by Crippen LogP contribution is -2.56. The van der Waals surface area contributed by atoms with Crippen LogP contribution >= 0.6 is 0 Å². The molecule has 2 fully saturated rings. The van der Waals surface area contributed by atoms with Crippen molar-refractivity contribution >= 4 is 27.8 Å². The third-order valence-electron chi connectivity index (χ3n) is 7.24. The highest BCUT2D eigenvalue weighted by Crippen LogP contribution is 2.42. The van der Waals surface area contributed by atoms with E-state index >= 15 is 0 Å². The molecule has 5 heterocycles. The smallest absolute Gasteiger partial charge is 0.355 e. The number of aromatic amines is 1. The Bertz CT molecular complexity index is 1470. The SMILES string of the molecule is Cc1c(CN2CC3(CCN(c4ncnc5nn(CC(F)(F)F)cc45)C3)C2)ccc2[nH]c(C#N)cc12. The van der Waals surface area contributed by atoms with E-state index in [0.29, 0.717) is 16.9 Å². The third-order valence-corrected chi connectivity index (χ3v) is 7.24. The molecular weight excluding hydrogens is 457 g/mol. The predicted octanol–water partition coefficient (Wildman–Crippen LogP) is 3.76. The Balaban J connectivity index is 1.15. The first-order valence-corrected chi connectivity index (χ1v) is 11.5. The quantitative estimate of drug-likeness (QED) is 0.479. The molecule has 180 valence electrons. The highest BCUT2D eigenvalue weighted by atomic mass is 19.4. The van der Waals surface area contributed by atoms with Crippen LogP contribution in [0.25, 0.3) is 21.9 Å². The zero-order valence-corrected chi connectivity index (χ0v) is 19.1. The molecule has 1 aromatic carbocycles. The second-order valence-electron chi connectivity index (χ2n) is 9.80. The number of fused-ring (bicyclic) bond motifs is 2. The number of aromatic nitrogens is 5. The number of hydrogen-bond acceptors (Lipinski definition) is 6. The third kappa shape index (κ3) is 3.87. The average molecular weight is 480 g/mol. The lowest BCUT2D eigenvalue weighted by molar-refractivity contribution is -0.142. The molecule has 11 heteroatoms. The number of aryl methyl sites for hydroxylation is 1. The number of nitrogens with one attached hydrogen (secondary N) is 1. The molecule has 6 rings (SSSR count). The van der Waals surface area contributed by atoms with E-state index in [2.05, 4.69) is 48.9 Å². The van der Waals surface area contributed by atoms with Crippen LogP contribution in [0.4, 0.5) is 19.0 Å². The molecule has 3 aromatic heterocycles. The Morgan fingerprint density at radius 1 is 1.17 bits per heavy atom. The Hall–Kier alpha value is -3.65. The van der Waals surface area contributed by atoms with Gasteiger partial charge in [0.15, 0.2) is 5.65 Å². The number of alkyl halides is 3. The van der Waals surface area contributed by atoms with Crippen LogP contribution in [-0.4, -0.2) is 62.0 Å². The van der Waals surface area contributed by atoms with Crippen LogP contribution < -0.4 is 4.90 Å². The number of nitriles is 1. The van der Waals surface area contributed by atoms with E-state index in [-0.39, 0.29) is 11.1 Å². The summed E-state index contributed by atoms with van der Waals surface area (Å²) in [5, 5.41) is 14.8. The first-order chi connectivity index (χ1) is 16.7. The topological polar surface area (TPSA) is 89.7 Å². The molecule has 0 aliphatic carbocycles. The van der Waals surface area contributed by atoms with Crippen LogP contribution in [-0.2, 0) is 13.1 Å². The Labute approximate surface area is 199 Å². The van der Waals surface area contributed by atoms with E-state index < -0.39 is 12.7 Å². The van der Waals surface area contributed by atoms with Gasteiger partial charge in [0, 0.05) is 55.2 Å². The summed E-state index contributed by atoms with van der Waals surface area (Å²) in [6.07, 6.45) is -0.566. The van der Waals surface area contributed by atoms with E-state index in [1.165, 1.54) is 23.7 Å². The predicted molar refractivity (Wildman–Crippen MR) is 124 cm³/mol. The van der Waals surface area contributed by atoms with Crippen molar-refractivity contribution < 1.29 is 13.2 Å². The Morgan fingerprint density at radius 3 is 2.77 bits per heavy atom. The number of anilines is 1. The number of hydrogen-bond donors (Lipinski definition) is 1. The van der Waals surface area contributed by atoms with E-state index in [1.54, 1.807) is 0 Å². The molecule has 4 aromatic rings. The van der Waals surface area contributed by atoms with Gasteiger partial charge < -0.3 is 9.88 Å². The fourth-order valence-electron chi connectivity index (χ4n) is 5.64. The largest absolute Gasteiger partial charge is 0.408 e. The molecular formula is C24H23F3N8. The summed E-state index contributed by atoms with van der Waals surface area (Å²) in [7, 11) is 0. The van der Waals surface area contributed by atoms with Crippen molar-refractivity contribution in [3.63, 3.8) is 0 Å². The van der Waals surface area contributed by atoms with Crippen LogP contribution in [0, 0.1) is 23.7 Å². The van der Waals surface area contributed by atoms with Gasteiger partial charge in [0.2, 0.25) is 0 Å². The van der Waals surface area contributed by atoms with Gasteiger partial charge in [-0.05, 0) is 36.6 Å². The first kappa shape index (κ1) is 21.9. The van der Waals surface area contributed by atoms with Crippen molar-refractivity contribution in [2.75, 3.05) is 31.1 Å². The number of likely N-dealkylation sites (tertiary alicyclic amines) is 1. The Kier molecular flexibility index (Phi) is 4.79. The van der Waals surface area contributed by atoms with Crippen LogP contribution in [0.1, 0.15) is 23.2 Å². The van der Waals surface area contributed by atoms with Crippen LogP contribution in [0.3, 0.4) is 0 Å². The highest BCUT2D eigenvalue weighted by molar-refractivity contribution is 5.87. The number of nitrogens with zero attached hydrogens (tertiary/aromatic N) is 7. The molecule has 0 amide bonds. The van der Waals surface area contributed by atoms with Crippen molar-refractivity contribution in [2.24, 2.45) is 5.41 Å². The fraction of sp³-hybridized carbons (Fsp3) is 0.417. The van der Waals surface area contributed by atoms with Gasteiger partial charge in [-0.2, -0.15) is 23.5 Å². The molecule has 2 saturated heterocycles. The summed E-state index contributed by atoms with van der Waals surface area (Å²) >= 11 is 0. The van der Waals surface area contributed by atoms with Gasteiger partial charge in [-0.25, -0.2) is 9.97 Å². The molecule has 8 nitrogen and oxygen atoms in total. The number of halogens is 3. The lowest BCUT2D eigenvalue weighted by atomic mass is 9.78. The van der Waals surface area contributed by atoms with Gasteiger partial charge in [-0.3, -0.25) is 9.58 Å². The van der Waals surface area contributed by atoms with Crippen LogP contribution in [0.2, 0.25) is 0 Å². The summed E-state index contributed by atoms with van der Waals surface area (Å²) in [5.74, 6) is 0.654. The molecule has 0 saturated carbocycles. The molecule has 0 radical (unpaired) electrons. The first-order valence-electron chi connectivity index (χ1n) is 11.5. The van der Waals surface area contributed by atoms with E-state index in [1.807, 2.05) is 12.1 Å². The van der Waals surface area contributed by atoms with Crippen LogP contribution in [0.5, 0.6) is 0 Å². The molecule has 0 bridgehead atoms. The van der Waals surface area contributed by atoms with E-state index in [4.69, 9.17) is 5.26 Å². The normalized spacial score (nSPS) is 18.0. The molecule has 1 spiro atoms. The van der Waals surface area contributed by atoms with Gasteiger partial charge in [0.05, 0.1) is 5.39 Å². The monoisotopic (exact) mass is 480 g/mol.